The van der Waals surface area contributed by atoms with Crippen LogP contribution in [0.5, 0.6) is 0 Å². The van der Waals surface area contributed by atoms with Crippen LogP contribution in [0.4, 0.5) is 0 Å². The number of carbonyl (C=O) groups excluding carboxylic acids is 2. The summed E-state index contributed by atoms with van der Waals surface area (Å²) in [7, 11) is 1.62. The minimum atomic E-state index is -0.113. The van der Waals surface area contributed by atoms with Crippen LogP contribution in [0.25, 0.3) is 0 Å². The van der Waals surface area contributed by atoms with Gasteiger partial charge in [-0.25, -0.2) is 0 Å². The third kappa shape index (κ3) is 11.1. The molecule has 0 bridgehead atoms. The van der Waals surface area contributed by atoms with E-state index in [2.05, 4.69) is 16.0 Å². The van der Waals surface area contributed by atoms with Gasteiger partial charge in [-0.05, 0) is 20.3 Å². The number of methoxy groups -OCH3 is 1. The fraction of sp³-hybridized carbons (Fsp3) is 0.818. The maximum absolute atomic E-state index is 11.3. The number of rotatable bonds is 9. The highest BCUT2D eigenvalue weighted by Gasteiger charge is 2.04. The van der Waals surface area contributed by atoms with Crippen molar-refractivity contribution < 1.29 is 14.3 Å². The first-order valence-corrected chi connectivity index (χ1v) is 5.82. The van der Waals surface area contributed by atoms with E-state index in [1.165, 1.54) is 0 Å². The van der Waals surface area contributed by atoms with Gasteiger partial charge in [0.2, 0.25) is 11.8 Å². The van der Waals surface area contributed by atoms with Gasteiger partial charge in [0.25, 0.3) is 0 Å². The average molecular weight is 245 g/mol. The van der Waals surface area contributed by atoms with Crippen molar-refractivity contribution in [1.29, 1.82) is 0 Å². The predicted molar refractivity (Wildman–Crippen MR) is 65.7 cm³/mol. The molecule has 100 valence electrons. The number of amides is 2. The monoisotopic (exact) mass is 245 g/mol. The van der Waals surface area contributed by atoms with Crippen molar-refractivity contribution in [2.45, 2.75) is 26.3 Å². The first-order valence-electron chi connectivity index (χ1n) is 5.82. The maximum atomic E-state index is 11.3. The average Bonchev–Trinajstić information content (AvgIpc) is 2.23. The van der Waals surface area contributed by atoms with Crippen LogP contribution in [-0.4, -0.2) is 51.2 Å². The van der Waals surface area contributed by atoms with Gasteiger partial charge in [0.1, 0.15) is 0 Å². The lowest BCUT2D eigenvalue weighted by Gasteiger charge is -2.09. The van der Waals surface area contributed by atoms with Crippen molar-refractivity contribution >= 4 is 11.8 Å². The number of hydrogen-bond acceptors (Lipinski definition) is 4. The molecule has 0 saturated carbocycles. The van der Waals surface area contributed by atoms with Crippen LogP contribution in [0.15, 0.2) is 0 Å². The van der Waals surface area contributed by atoms with Crippen LogP contribution in [0, 0.1) is 0 Å². The number of nitrogens with one attached hydrogen (secondary N) is 3. The summed E-state index contributed by atoms with van der Waals surface area (Å²) in [6.07, 6.45) is 0.788. The van der Waals surface area contributed by atoms with Crippen LogP contribution >= 0.6 is 0 Å². The van der Waals surface area contributed by atoms with Gasteiger partial charge < -0.3 is 15.4 Å². The second-order valence-electron chi connectivity index (χ2n) is 4.02. The van der Waals surface area contributed by atoms with E-state index < -0.39 is 0 Å². The Balaban J connectivity index is 3.41. The van der Waals surface area contributed by atoms with E-state index in [4.69, 9.17) is 4.74 Å². The smallest absolute Gasteiger partial charge is 0.234 e. The number of hydrogen-bond donors (Lipinski definition) is 3. The Labute approximate surface area is 102 Å². The van der Waals surface area contributed by atoms with Gasteiger partial charge in [0.05, 0.1) is 13.1 Å². The molecule has 0 unspecified atom stereocenters. The van der Waals surface area contributed by atoms with Crippen LogP contribution in [0.3, 0.4) is 0 Å². The van der Waals surface area contributed by atoms with Crippen molar-refractivity contribution in [3.63, 3.8) is 0 Å². The molecular weight excluding hydrogens is 222 g/mol. The molecule has 0 aliphatic rings. The molecule has 3 N–H and O–H groups in total. The fourth-order valence-corrected chi connectivity index (χ4v) is 1.17. The summed E-state index contributed by atoms with van der Waals surface area (Å²) < 4.78 is 4.85. The van der Waals surface area contributed by atoms with E-state index in [9.17, 15) is 9.59 Å². The molecule has 0 rings (SSSR count). The highest BCUT2D eigenvalue weighted by Crippen LogP contribution is 1.78. The van der Waals surface area contributed by atoms with Gasteiger partial charge >= 0.3 is 0 Å². The quantitative estimate of drug-likeness (QED) is 0.467. The van der Waals surface area contributed by atoms with Crippen LogP contribution in [0.2, 0.25) is 0 Å². The molecule has 0 aromatic carbocycles. The molecule has 0 aliphatic heterocycles. The molecule has 0 aliphatic carbocycles. The molecule has 0 atom stereocenters. The molecule has 0 aromatic heterocycles. The van der Waals surface area contributed by atoms with Gasteiger partial charge in [-0.15, -0.1) is 0 Å². The highest BCUT2D eigenvalue weighted by molar-refractivity contribution is 5.81. The molecule has 0 radical (unpaired) electrons. The Kier molecular flexibility index (Phi) is 9.37. The van der Waals surface area contributed by atoms with Crippen LogP contribution in [-0.2, 0) is 14.3 Å². The van der Waals surface area contributed by atoms with Crippen molar-refractivity contribution in [3.05, 3.63) is 0 Å². The summed E-state index contributed by atoms with van der Waals surface area (Å²) >= 11 is 0. The van der Waals surface area contributed by atoms with Crippen molar-refractivity contribution in [2.24, 2.45) is 0 Å². The van der Waals surface area contributed by atoms with Crippen molar-refractivity contribution in [1.82, 2.24) is 16.0 Å². The predicted octanol–water partition coefficient (Wildman–Crippen LogP) is -0.747. The molecule has 0 aromatic rings. The van der Waals surface area contributed by atoms with E-state index in [1.54, 1.807) is 7.11 Å². The summed E-state index contributed by atoms with van der Waals surface area (Å²) in [5.41, 5.74) is 0. The van der Waals surface area contributed by atoms with Gasteiger partial charge in [0, 0.05) is 26.3 Å². The van der Waals surface area contributed by atoms with E-state index in [0.717, 1.165) is 6.42 Å². The molecule has 0 fully saturated rings. The zero-order valence-corrected chi connectivity index (χ0v) is 10.8. The number of ether oxygens (including phenoxy) is 1. The van der Waals surface area contributed by atoms with Crippen LogP contribution in [0.1, 0.15) is 20.3 Å². The summed E-state index contributed by atoms with van der Waals surface area (Å²) in [4.78, 5) is 22.5. The zero-order valence-electron chi connectivity index (χ0n) is 10.8. The Hall–Kier alpha value is -1.14. The lowest BCUT2D eigenvalue weighted by Crippen LogP contribution is -2.41. The van der Waals surface area contributed by atoms with E-state index in [1.807, 2.05) is 13.8 Å². The Morgan fingerprint density at radius 3 is 2.41 bits per heavy atom. The second kappa shape index (κ2) is 10.0. The SMILES string of the molecule is COCCCNC(=O)CNCC(=O)NC(C)C. The molecule has 0 spiro atoms. The van der Waals surface area contributed by atoms with Gasteiger partial charge in [-0.3, -0.25) is 14.9 Å². The van der Waals surface area contributed by atoms with E-state index >= 15 is 0 Å². The van der Waals surface area contributed by atoms with Gasteiger partial charge in [0.15, 0.2) is 0 Å². The summed E-state index contributed by atoms with van der Waals surface area (Å²) in [6, 6.07) is 0.118. The molecule has 2 amide bonds. The lowest BCUT2D eigenvalue weighted by atomic mass is 10.4. The minimum absolute atomic E-state index is 0.104. The Morgan fingerprint density at radius 1 is 1.18 bits per heavy atom. The molecule has 0 heterocycles. The van der Waals surface area contributed by atoms with E-state index in [0.29, 0.717) is 13.2 Å². The van der Waals surface area contributed by atoms with Gasteiger partial charge in [-0.2, -0.15) is 0 Å². The standard InChI is InChI=1S/C11H23N3O3/c1-9(2)14-11(16)8-12-7-10(15)13-5-4-6-17-3/h9,12H,4-8H2,1-3H3,(H,13,15)(H,14,16). The molecule has 6 heteroatoms. The van der Waals surface area contributed by atoms with Crippen molar-refractivity contribution in [2.75, 3.05) is 33.4 Å². The van der Waals surface area contributed by atoms with Crippen molar-refractivity contribution in [3.8, 4) is 0 Å². The normalized spacial score (nSPS) is 10.4. The fourth-order valence-electron chi connectivity index (χ4n) is 1.17. The third-order valence-corrected chi connectivity index (χ3v) is 1.87. The summed E-state index contributed by atoms with van der Waals surface area (Å²) in [6.45, 7) is 5.31. The second-order valence-corrected chi connectivity index (χ2v) is 4.02. The topological polar surface area (TPSA) is 79.5 Å². The minimum Gasteiger partial charge on any atom is -0.385 e. The largest absolute Gasteiger partial charge is 0.385 e. The third-order valence-electron chi connectivity index (χ3n) is 1.87. The summed E-state index contributed by atoms with van der Waals surface area (Å²) in [5, 5.41) is 8.22. The van der Waals surface area contributed by atoms with E-state index in [-0.39, 0.29) is 30.9 Å². The maximum Gasteiger partial charge on any atom is 0.234 e. The first-order chi connectivity index (χ1) is 8.06. The van der Waals surface area contributed by atoms with Gasteiger partial charge in [-0.1, -0.05) is 0 Å². The molecule has 6 nitrogen and oxygen atoms in total. The Bertz CT molecular complexity index is 232. The zero-order chi connectivity index (χ0) is 13.1. The van der Waals surface area contributed by atoms with Crippen LogP contribution < -0.4 is 16.0 Å². The molecular formula is C11H23N3O3. The highest BCUT2D eigenvalue weighted by atomic mass is 16.5. The first kappa shape index (κ1) is 15.9. The lowest BCUT2D eigenvalue weighted by molar-refractivity contribution is -0.121. The Morgan fingerprint density at radius 2 is 1.82 bits per heavy atom. The molecule has 0 saturated heterocycles. The summed E-state index contributed by atoms with van der Waals surface area (Å²) in [5.74, 6) is -0.217. The number of carbonyl (C=O) groups is 2. The molecule has 17 heavy (non-hydrogen) atoms.